The molecule has 2 aromatic rings. The van der Waals surface area contributed by atoms with Gasteiger partial charge in [0.05, 0.1) is 30.1 Å². The van der Waals surface area contributed by atoms with Gasteiger partial charge in [0.25, 0.3) is 11.6 Å². The number of methoxy groups -OCH3 is 1. The molecule has 37 heavy (non-hydrogen) atoms. The Labute approximate surface area is 212 Å². The van der Waals surface area contributed by atoms with Gasteiger partial charge < -0.3 is 24.4 Å². The van der Waals surface area contributed by atoms with Crippen LogP contribution in [-0.2, 0) is 23.9 Å². The summed E-state index contributed by atoms with van der Waals surface area (Å²) in [6, 6.07) is 10.1. The van der Waals surface area contributed by atoms with Gasteiger partial charge in [-0.05, 0) is 36.8 Å². The van der Waals surface area contributed by atoms with Gasteiger partial charge in [-0.1, -0.05) is 13.3 Å². The van der Waals surface area contributed by atoms with E-state index in [2.05, 4.69) is 5.32 Å². The fourth-order valence-corrected chi connectivity index (χ4v) is 3.63. The van der Waals surface area contributed by atoms with Crippen LogP contribution in [0.3, 0.4) is 0 Å². The number of hydrogen-bond donors (Lipinski definition) is 1. The highest BCUT2D eigenvalue weighted by Gasteiger charge is 2.36. The molecular weight excluding hydrogens is 486 g/mol. The Bertz CT molecular complexity index is 1180. The van der Waals surface area contributed by atoms with E-state index in [1.165, 1.54) is 30.2 Å². The molecule has 1 aliphatic heterocycles. The number of ether oxygens (including phenoxy) is 3. The van der Waals surface area contributed by atoms with Crippen LogP contribution in [0, 0.1) is 16.0 Å². The van der Waals surface area contributed by atoms with Crippen molar-refractivity contribution >= 4 is 40.8 Å². The van der Waals surface area contributed by atoms with Crippen LogP contribution in [0.5, 0.6) is 5.75 Å². The highest BCUT2D eigenvalue weighted by atomic mass is 16.6. The second-order valence-electron chi connectivity index (χ2n) is 8.24. The molecule has 3 rings (SSSR count). The van der Waals surface area contributed by atoms with E-state index in [0.717, 1.165) is 12.8 Å². The molecule has 0 aromatic heterocycles. The van der Waals surface area contributed by atoms with Crippen LogP contribution >= 0.6 is 0 Å². The predicted molar refractivity (Wildman–Crippen MR) is 131 cm³/mol. The van der Waals surface area contributed by atoms with Crippen molar-refractivity contribution in [1.82, 2.24) is 0 Å². The van der Waals surface area contributed by atoms with Crippen LogP contribution in [0.25, 0.3) is 0 Å². The number of nitro benzene ring substituents is 1. The lowest BCUT2D eigenvalue weighted by molar-refractivity contribution is -0.383. The number of rotatable bonds is 11. The molecule has 1 fully saturated rings. The van der Waals surface area contributed by atoms with Gasteiger partial charge in [-0.3, -0.25) is 24.5 Å². The molecule has 2 aromatic carbocycles. The van der Waals surface area contributed by atoms with Crippen molar-refractivity contribution in [3.05, 3.63) is 58.1 Å². The third kappa shape index (κ3) is 7.03. The SMILES string of the molecule is CCCCOC(=O)c1ccc(N2C[C@H](C(=O)OCC(=O)Nc3cc(OC)ccc3[N+](=O)[O-])CC2=O)cc1. The van der Waals surface area contributed by atoms with E-state index < -0.39 is 35.3 Å². The third-order valence-electron chi connectivity index (χ3n) is 5.62. The van der Waals surface area contributed by atoms with Crippen LogP contribution in [0.15, 0.2) is 42.5 Å². The summed E-state index contributed by atoms with van der Waals surface area (Å²) in [5, 5.41) is 13.5. The van der Waals surface area contributed by atoms with Crippen LogP contribution in [0.1, 0.15) is 36.5 Å². The number of unbranched alkanes of at least 4 members (excludes halogenated alkanes) is 1. The summed E-state index contributed by atoms with van der Waals surface area (Å²) in [4.78, 5) is 61.2. The molecule has 1 atom stereocenters. The van der Waals surface area contributed by atoms with Crippen molar-refractivity contribution in [2.75, 3.05) is 37.1 Å². The van der Waals surface area contributed by atoms with Gasteiger partial charge in [-0.15, -0.1) is 0 Å². The number of carbonyl (C=O) groups excluding carboxylic acids is 4. The summed E-state index contributed by atoms with van der Waals surface area (Å²) in [5.74, 6) is -2.80. The average molecular weight is 514 g/mol. The monoisotopic (exact) mass is 513 g/mol. The van der Waals surface area contributed by atoms with Crippen LogP contribution in [0.4, 0.5) is 17.1 Å². The lowest BCUT2D eigenvalue weighted by atomic mass is 10.1. The second-order valence-corrected chi connectivity index (χ2v) is 8.24. The summed E-state index contributed by atoms with van der Waals surface area (Å²) >= 11 is 0. The number of nitrogens with zero attached hydrogens (tertiary/aromatic N) is 2. The maximum Gasteiger partial charge on any atom is 0.338 e. The van der Waals surface area contributed by atoms with Gasteiger partial charge in [0.1, 0.15) is 11.4 Å². The van der Waals surface area contributed by atoms with Crippen molar-refractivity contribution in [2.24, 2.45) is 5.92 Å². The highest BCUT2D eigenvalue weighted by Crippen LogP contribution is 2.29. The molecule has 0 unspecified atom stereocenters. The van der Waals surface area contributed by atoms with E-state index in [4.69, 9.17) is 14.2 Å². The van der Waals surface area contributed by atoms with Gasteiger partial charge in [0.2, 0.25) is 5.91 Å². The topological polar surface area (TPSA) is 154 Å². The molecule has 196 valence electrons. The molecule has 12 nitrogen and oxygen atoms in total. The first-order valence-electron chi connectivity index (χ1n) is 11.6. The molecule has 1 saturated heterocycles. The average Bonchev–Trinajstić information content (AvgIpc) is 3.28. The van der Waals surface area contributed by atoms with E-state index in [-0.39, 0.29) is 30.2 Å². The lowest BCUT2D eigenvalue weighted by Crippen LogP contribution is -2.28. The van der Waals surface area contributed by atoms with Crippen LogP contribution in [0.2, 0.25) is 0 Å². The normalized spacial score (nSPS) is 14.7. The van der Waals surface area contributed by atoms with Gasteiger partial charge >= 0.3 is 11.9 Å². The number of nitro groups is 1. The van der Waals surface area contributed by atoms with Crippen molar-refractivity contribution in [2.45, 2.75) is 26.2 Å². The fraction of sp³-hybridized carbons (Fsp3) is 0.360. The van der Waals surface area contributed by atoms with Crippen LogP contribution in [-0.4, -0.2) is 55.5 Å². The first-order valence-corrected chi connectivity index (χ1v) is 11.6. The van der Waals surface area contributed by atoms with Gasteiger partial charge in [-0.25, -0.2) is 4.79 Å². The van der Waals surface area contributed by atoms with Crippen molar-refractivity contribution in [1.29, 1.82) is 0 Å². The molecule has 1 N–H and O–H groups in total. The van der Waals surface area contributed by atoms with E-state index in [0.29, 0.717) is 23.6 Å². The minimum Gasteiger partial charge on any atom is -0.497 e. The molecule has 2 amide bonds. The number of esters is 2. The van der Waals surface area contributed by atoms with E-state index in [1.54, 1.807) is 24.3 Å². The fourth-order valence-electron chi connectivity index (χ4n) is 3.63. The molecule has 12 heteroatoms. The van der Waals surface area contributed by atoms with Gasteiger partial charge in [-0.2, -0.15) is 0 Å². The Morgan fingerprint density at radius 3 is 2.51 bits per heavy atom. The Hall–Kier alpha value is -4.48. The molecule has 0 saturated carbocycles. The number of carbonyl (C=O) groups is 4. The first kappa shape index (κ1) is 27.1. The predicted octanol–water partition coefficient (Wildman–Crippen LogP) is 3.10. The van der Waals surface area contributed by atoms with E-state index >= 15 is 0 Å². The summed E-state index contributed by atoms with van der Waals surface area (Å²) in [6.07, 6.45) is 1.57. The highest BCUT2D eigenvalue weighted by molar-refractivity contribution is 6.00. The Balaban J connectivity index is 1.54. The molecular formula is C25H27N3O9. The Kier molecular flexibility index (Phi) is 9.14. The molecule has 0 radical (unpaired) electrons. The van der Waals surface area contributed by atoms with Crippen molar-refractivity contribution in [3.8, 4) is 5.75 Å². The maximum absolute atomic E-state index is 12.5. The third-order valence-corrected chi connectivity index (χ3v) is 5.62. The minimum atomic E-state index is -0.801. The number of anilines is 2. The van der Waals surface area contributed by atoms with E-state index in [9.17, 15) is 29.3 Å². The standard InChI is InChI=1S/C25H27N3O9/c1-3-4-11-36-24(31)16-5-7-18(8-6-16)27-14-17(12-23(27)30)25(32)37-15-22(29)26-20-13-19(35-2)9-10-21(20)28(33)34/h5-10,13,17H,3-4,11-12,14-15H2,1-2H3,(H,26,29)/t17-/m1/s1. The smallest absolute Gasteiger partial charge is 0.338 e. The van der Waals surface area contributed by atoms with Gasteiger partial charge in [0, 0.05) is 30.8 Å². The second kappa shape index (κ2) is 12.5. The molecule has 0 aliphatic carbocycles. The summed E-state index contributed by atoms with van der Waals surface area (Å²) in [6.45, 7) is 1.68. The van der Waals surface area contributed by atoms with Crippen molar-refractivity contribution in [3.63, 3.8) is 0 Å². The number of hydrogen-bond acceptors (Lipinski definition) is 9. The summed E-state index contributed by atoms with van der Waals surface area (Å²) < 4.78 is 15.2. The Morgan fingerprint density at radius 2 is 1.86 bits per heavy atom. The molecule has 0 bridgehead atoms. The minimum absolute atomic E-state index is 0.0426. The number of amides is 2. The zero-order valence-electron chi connectivity index (χ0n) is 20.4. The zero-order chi connectivity index (χ0) is 26.9. The molecule has 0 spiro atoms. The molecule has 1 heterocycles. The molecule has 1 aliphatic rings. The van der Waals surface area contributed by atoms with E-state index in [1.807, 2.05) is 6.92 Å². The first-order chi connectivity index (χ1) is 17.7. The lowest BCUT2D eigenvalue weighted by Gasteiger charge is -2.17. The summed E-state index contributed by atoms with van der Waals surface area (Å²) in [7, 11) is 1.37. The van der Waals surface area contributed by atoms with Crippen LogP contribution < -0.4 is 15.0 Å². The van der Waals surface area contributed by atoms with Gasteiger partial charge in [0.15, 0.2) is 6.61 Å². The zero-order valence-corrected chi connectivity index (χ0v) is 20.4. The number of nitrogens with one attached hydrogen (secondary N) is 1. The van der Waals surface area contributed by atoms with Crippen molar-refractivity contribution < 1.29 is 38.3 Å². The Morgan fingerprint density at radius 1 is 1.14 bits per heavy atom. The largest absolute Gasteiger partial charge is 0.497 e. The number of benzene rings is 2. The maximum atomic E-state index is 12.5. The summed E-state index contributed by atoms with van der Waals surface area (Å²) in [5.41, 5.74) is 0.404. The quantitative estimate of drug-likeness (QED) is 0.206.